The van der Waals surface area contributed by atoms with Gasteiger partial charge in [0.1, 0.15) is 0 Å². The van der Waals surface area contributed by atoms with Gasteiger partial charge in [-0.3, -0.25) is 0 Å². The van der Waals surface area contributed by atoms with E-state index < -0.39 is 0 Å². The number of allylic oxidation sites excluding steroid dienone is 2. The molecule has 0 fully saturated rings. The fourth-order valence-corrected chi connectivity index (χ4v) is 1.39. The summed E-state index contributed by atoms with van der Waals surface area (Å²) in [5.41, 5.74) is 1.22. The van der Waals surface area contributed by atoms with Gasteiger partial charge in [-0.1, -0.05) is 13.0 Å². The van der Waals surface area contributed by atoms with Crippen molar-refractivity contribution in [3.63, 3.8) is 0 Å². The zero-order valence-electron chi connectivity index (χ0n) is 7.21. The lowest BCUT2D eigenvalue weighted by molar-refractivity contribution is 0.487. The predicted octanol–water partition coefficient (Wildman–Crippen LogP) is 2.20. The number of hydrogen-bond donors (Lipinski definition) is 0. The third-order valence-corrected chi connectivity index (χ3v) is 2.08. The first kappa shape index (κ1) is 7.53. The van der Waals surface area contributed by atoms with E-state index in [1.807, 2.05) is 6.92 Å². The van der Waals surface area contributed by atoms with Gasteiger partial charge in [0.15, 0.2) is 0 Å². The van der Waals surface area contributed by atoms with Crippen LogP contribution in [0.2, 0.25) is 0 Å². The Hall–Kier alpha value is -1.12. The molecule has 1 aliphatic carbocycles. The molecule has 0 spiro atoms. The maximum atomic E-state index is 5.43. The number of rotatable bonds is 2. The minimum Gasteiger partial charge on any atom is -0.421 e. The normalized spacial score (nSPS) is 16.6. The summed E-state index contributed by atoms with van der Waals surface area (Å²) in [5.74, 6) is 1.46. The van der Waals surface area contributed by atoms with Crippen molar-refractivity contribution in [3.05, 3.63) is 17.9 Å². The van der Waals surface area contributed by atoms with Crippen molar-refractivity contribution < 1.29 is 4.42 Å². The smallest absolute Gasteiger partial charge is 0.243 e. The van der Waals surface area contributed by atoms with Gasteiger partial charge in [0.25, 0.3) is 0 Å². The molecular formula is C9H12N2O. The van der Waals surface area contributed by atoms with E-state index in [-0.39, 0.29) is 0 Å². The van der Waals surface area contributed by atoms with Crippen LogP contribution in [0.15, 0.2) is 10.5 Å². The first-order chi connectivity index (χ1) is 5.90. The van der Waals surface area contributed by atoms with Crippen molar-refractivity contribution in [2.45, 2.75) is 32.6 Å². The van der Waals surface area contributed by atoms with E-state index in [2.05, 4.69) is 16.3 Å². The summed E-state index contributed by atoms with van der Waals surface area (Å²) in [6.07, 6.45) is 6.47. The Balaban J connectivity index is 2.22. The van der Waals surface area contributed by atoms with Gasteiger partial charge in [0.05, 0.1) is 0 Å². The highest BCUT2D eigenvalue weighted by Crippen LogP contribution is 2.26. The van der Waals surface area contributed by atoms with Gasteiger partial charge < -0.3 is 4.42 Å². The van der Waals surface area contributed by atoms with Gasteiger partial charge in [-0.15, -0.1) is 10.2 Å². The maximum Gasteiger partial charge on any atom is 0.243 e. The Labute approximate surface area is 71.5 Å². The largest absolute Gasteiger partial charge is 0.421 e. The zero-order chi connectivity index (χ0) is 8.39. The molecule has 0 bridgehead atoms. The predicted molar refractivity (Wildman–Crippen MR) is 45.5 cm³/mol. The molecule has 1 heterocycles. The molecule has 3 heteroatoms. The van der Waals surface area contributed by atoms with E-state index in [0.717, 1.165) is 31.0 Å². The lowest BCUT2D eigenvalue weighted by Gasteiger charge is -1.90. The first-order valence-electron chi connectivity index (χ1n) is 4.42. The fraction of sp³-hybridized carbons (Fsp3) is 0.556. The molecule has 12 heavy (non-hydrogen) atoms. The standard InChI is InChI=1S/C9H12N2O/c1-2-8-10-11-9(12-8)7-5-3-4-6-7/h5H,2-4,6H2,1H3. The van der Waals surface area contributed by atoms with Crippen molar-refractivity contribution in [1.82, 2.24) is 10.2 Å². The second-order valence-electron chi connectivity index (χ2n) is 2.98. The Morgan fingerprint density at radius 1 is 1.50 bits per heavy atom. The van der Waals surface area contributed by atoms with Crippen molar-refractivity contribution >= 4 is 5.57 Å². The molecule has 2 rings (SSSR count). The number of aryl methyl sites for hydroxylation is 1. The molecule has 0 aliphatic heterocycles. The van der Waals surface area contributed by atoms with E-state index in [1.54, 1.807) is 0 Å². The van der Waals surface area contributed by atoms with Gasteiger partial charge in [-0.05, 0) is 19.3 Å². The molecule has 1 aromatic rings. The van der Waals surface area contributed by atoms with E-state index in [1.165, 1.54) is 12.0 Å². The summed E-state index contributed by atoms with van der Waals surface area (Å²) in [6, 6.07) is 0. The summed E-state index contributed by atoms with van der Waals surface area (Å²) in [5, 5.41) is 7.91. The van der Waals surface area contributed by atoms with Gasteiger partial charge in [0.2, 0.25) is 11.8 Å². The Kier molecular flexibility index (Phi) is 1.94. The molecule has 0 aromatic carbocycles. The van der Waals surface area contributed by atoms with Crippen LogP contribution in [-0.2, 0) is 6.42 Å². The van der Waals surface area contributed by atoms with Crippen LogP contribution >= 0.6 is 0 Å². The molecule has 0 radical (unpaired) electrons. The molecule has 0 N–H and O–H groups in total. The minimum atomic E-state index is 0.726. The molecule has 1 aliphatic rings. The molecule has 64 valence electrons. The quantitative estimate of drug-likeness (QED) is 0.672. The van der Waals surface area contributed by atoms with Gasteiger partial charge in [-0.2, -0.15) is 0 Å². The summed E-state index contributed by atoms with van der Waals surface area (Å²) in [7, 11) is 0. The average Bonchev–Trinajstić information content (AvgIpc) is 2.75. The molecule has 0 unspecified atom stereocenters. The summed E-state index contributed by atoms with van der Waals surface area (Å²) < 4.78 is 5.43. The van der Waals surface area contributed by atoms with Crippen molar-refractivity contribution in [1.29, 1.82) is 0 Å². The van der Waals surface area contributed by atoms with Gasteiger partial charge in [0, 0.05) is 12.0 Å². The highest BCUT2D eigenvalue weighted by Gasteiger charge is 2.12. The number of aromatic nitrogens is 2. The molecule has 0 saturated carbocycles. The van der Waals surface area contributed by atoms with E-state index >= 15 is 0 Å². The van der Waals surface area contributed by atoms with Crippen molar-refractivity contribution in [2.24, 2.45) is 0 Å². The molecule has 0 saturated heterocycles. The van der Waals surface area contributed by atoms with Gasteiger partial charge in [-0.25, -0.2) is 0 Å². The van der Waals surface area contributed by atoms with Crippen LogP contribution in [0.25, 0.3) is 5.57 Å². The summed E-state index contributed by atoms with van der Waals surface area (Å²) in [4.78, 5) is 0. The van der Waals surface area contributed by atoms with Crippen LogP contribution in [0.5, 0.6) is 0 Å². The SMILES string of the molecule is CCc1nnc(C2=CCCC2)o1. The lowest BCUT2D eigenvalue weighted by atomic mass is 10.2. The summed E-state index contributed by atoms with van der Waals surface area (Å²) >= 11 is 0. The number of hydrogen-bond acceptors (Lipinski definition) is 3. The second kappa shape index (κ2) is 3.09. The van der Waals surface area contributed by atoms with Crippen LogP contribution < -0.4 is 0 Å². The average molecular weight is 164 g/mol. The minimum absolute atomic E-state index is 0.726. The Bertz CT molecular complexity index is 301. The van der Waals surface area contributed by atoms with Crippen LogP contribution in [0, 0.1) is 0 Å². The molecule has 3 nitrogen and oxygen atoms in total. The monoisotopic (exact) mass is 164 g/mol. The highest BCUT2D eigenvalue weighted by molar-refractivity contribution is 5.59. The van der Waals surface area contributed by atoms with Crippen LogP contribution in [0.4, 0.5) is 0 Å². The second-order valence-corrected chi connectivity index (χ2v) is 2.98. The Morgan fingerprint density at radius 2 is 2.42 bits per heavy atom. The van der Waals surface area contributed by atoms with E-state index in [0.29, 0.717) is 0 Å². The van der Waals surface area contributed by atoms with Crippen LogP contribution in [-0.4, -0.2) is 10.2 Å². The van der Waals surface area contributed by atoms with E-state index in [4.69, 9.17) is 4.42 Å². The fourth-order valence-electron chi connectivity index (χ4n) is 1.39. The zero-order valence-corrected chi connectivity index (χ0v) is 7.21. The third kappa shape index (κ3) is 1.26. The topological polar surface area (TPSA) is 38.9 Å². The van der Waals surface area contributed by atoms with E-state index in [9.17, 15) is 0 Å². The molecule has 0 atom stereocenters. The lowest BCUT2D eigenvalue weighted by Crippen LogP contribution is -1.79. The maximum absolute atomic E-state index is 5.43. The first-order valence-corrected chi connectivity index (χ1v) is 4.42. The molecule has 0 amide bonds. The molecule has 1 aromatic heterocycles. The van der Waals surface area contributed by atoms with Gasteiger partial charge >= 0.3 is 0 Å². The van der Waals surface area contributed by atoms with Crippen molar-refractivity contribution in [3.8, 4) is 0 Å². The van der Waals surface area contributed by atoms with Crippen LogP contribution in [0.3, 0.4) is 0 Å². The highest BCUT2D eigenvalue weighted by atomic mass is 16.4. The van der Waals surface area contributed by atoms with Crippen molar-refractivity contribution in [2.75, 3.05) is 0 Å². The summed E-state index contributed by atoms with van der Waals surface area (Å²) in [6.45, 7) is 2.01. The Morgan fingerprint density at radius 3 is 3.00 bits per heavy atom. The third-order valence-electron chi connectivity index (χ3n) is 2.08. The van der Waals surface area contributed by atoms with Crippen LogP contribution in [0.1, 0.15) is 38.0 Å². The number of nitrogens with zero attached hydrogens (tertiary/aromatic N) is 2. The molecular weight excluding hydrogens is 152 g/mol.